The number of rotatable bonds is 6. The first-order valence-corrected chi connectivity index (χ1v) is 8.05. The van der Waals surface area contributed by atoms with Gasteiger partial charge in [-0.15, -0.1) is 11.3 Å². The zero-order chi connectivity index (χ0) is 18.4. The second-order valence-electron chi connectivity index (χ2n) is 4.72. The molecule has 0 unspecified atom stereocenters. The Morgan fingerprint density at radius 3 is 2.52 bits per heavy atom. The molecule has 0 radical (unpaired) electrons. The number of carbonyl (C=O) groups is 3. The summed E-state index contributed by atoms with van der Waals surface area (Å²) in [6, 6.07) is 5.51. The Balaban J connectivity index is 2.40. The van der Waals surface area contributed by atoms with Crippen molar-refractivity contribution in [1.82, 2.24) is 0 Å². The molecule has 0 spiro atoms. The van der Waals surface area contributed by atoms with Crippen molar-refractivity contribution < 1.29 is 28.6 Å². The Hall–Kier alpha value is -3.00. The van der Waals surface area contributed by atoms with E-state index >= 15 is 0 Å². The van der Waals surface area contributed by atoms with E-state index in [2.05, 4.69) is 5.32 Å². The van der Waals surface area contributed by atoms with Crippen LogP contribution in [0.25, 0.3) is 11.1 Å². The van der Waals surface area contributed by atoms with Crippen LogP contribution in [0.5, 0.6) is 0 Å². The van der Waals surface area contributed by atoms with Crippen LogP contribution >= 0.6 is 11.3 Å². The maximum atomic E-state index is 13.1. The molecule has 0 aliphatic rings. The smallest absolute Gasteiger partial charge is 0.341 e. The predicted molar refractivity (Wildman–Crippen MR) is 88.4 cm³/mol. The van der Waals surface area contributed by atoms with E-state index in [1.807, 2.05) is 0 Å². The van der Waals surface area contributed by atoms with E-state index < -0.39 is 23.7 Å². The van der Waals surface area contributed by atoms with Gasteiger partial charge in [0.15, 0.2) is 0 Å². The highest BCUT2D eigenvalue weighted by Crippen LogP contribution is 2.36. The monoisotopic (exact) mass is 362 g/mol. The highest BCUT2D eigenvalue weighted by Gasteiger charge is 2.22. The van der Waals surface area contributed by atoms with Gasteiger partial charge in [0.2, 0.25) is 5.91 Å². The van der Waals surface area contributed by atoms with E-state index in [-0.39, 0.29) is 17.2 Å². The molecule has 1 heterocycles. The first-order chi connectivity index (χ1) is 11.9. The molecular weight excluding hydrogens is 349 g/mol. The number of ether oxygens (including phenoxy) is 1. The number of benzene rings is 1. The largest absolute Gasteiger partial charge is 0.545 e. The minimum Gasteiger partial charge on any atom is -0.545 e. The number of esters is 1. The fourth-order valence-corrected chi connectivity index (χ4v) is 2.96. The molecule has 2 aromatic rings. The van der Waals surface area contributed by atoms with Crippen molar-refractivity contribution in [3.8, 4) is 11.1 Å². The van der Waals surface area contributed by atoms with Crippen molar-refractivity contribution in [1.29, 1.82) is 0 Å². The number of hydrogen-bond acceptors (Lipinski definition) is 6. The van der Waals surface area contributed by atoms with Gasteiger partial charge < -0.3 is 20.0 Å². The standard InChI is InChI=1S/C17H14FNO5S/c1-2-24-17(23)15-12(10-3-5-11(18)6-4-10)9-25-16(15)19-13(20)7-8-14(21)22/h3-9H,2H2,1H3,(H,19,20)(H,21,22)/p-1/b8-7+. The number of carboxylic acid groups (broad SMARTS) is 1. The molecular formula is C17H13FNO5S-. The van der Waals surface area contributed by atoms with Crippen molar-refractivity contribution in [3.05, 3.63) is 53.2 Å². The number of aliphatic carboxylic acids is 1. The second-order valence-corrected chi connectivity index (χ2v) is 5.60. The molecule has 2 rings (SSSR count). The number of amides is 1. The van der Waals surface area contributed by atoms with Gasteiger partial charge in [-0.05, 0) is 30.7 Å². The number of hydrogen-bond donors (Lipinski definition) is 1. The van der Waals surface area contributed by atoms with Gasteiger partial charge in [0.05, 0.1) is 12.6 Å². The van der Waals surface area contributed by atoms with Gasteiger partial charge >= 0.3 is 5.97 Å². The quantitative estimate of drug-likeness (QED) is 0.626. The van der Waals surface area contributed by atoms with Gasteiger partial charge in [-0.1, -0.05) is 12.1 Å². The topological polar surface area (TPSA) is 95.5 Å². The highest BCUT2D eigenvalue weighted by atomic mass is 32.1. The molecule has 0 atom stereocenters. The summed E-state index contributed by atoms with van der Waals surface area (Å²) in [5.41, 5.74) is 1.17. The van der Waals surface area contributed by atoms with Gasteiger partial charge in [-0.2, -0.15) is 0 Å². The molecule has 0 bridgehead atoms. The first kappa shape index (κ1) is 18.3. The molecule has 1 aromatic carbocycles. The first-order valence-electron chi connectivity index (χ1n) is 7.17. The number of nitrogens with one attached hydrogen (secondary N) is 1. The number of halogens is 1. The van der Waals surface area contributed by atoms with Crippen molar-refractivity contribution in [3.63, 3.8) is 0 Å². The minimum atomic E-state index is -1.51. The number of carbonyl (C=O) groups excluding carboxylic acids is 3. The summed E-state index contributed by atoms with van der Waals surface area (Å²) in [5, 5.41) is 14.6. The summed E-state index contributed by atoms with van der Waals surface area (Å²) in [4.78, 5) is 34.4. The lowest BCUT2D eigenvalue weighted by molar-refractivity contribution is -0.297. The van der Waals surface area contributed by atoms with E-state index in [4.69, 9.17) is 4.74 Å². The van der Waals surface area contributed by atoms with Crippen LogP contribution < -0.4 is 10.4 Å². The Morgan fingerprint density at radius 1 is 1.24 bits per heavy atom. The normalized spacial score (nSPS) is 10.6. The fourth-order valence-electron chi connectivity index (χ4n) is 2.00. The molecule has 0 saturated heterocycles. The Morgan fingerprint density at radius 2 is 1.92 bits per heavy atom. The van der Waals surface area contributed by atoms with Crippen LogP contribution in [-0.4, -0.2) is 24.5 Å². The molecule has 1 amide bonds. The molecule has 1 aromatic heterocycles. The summed E-state index contributed by atoms with van der Waals surface area (Å²) in [6.45, 7) is 1.78. The lowest BCUT2D eigenvalue weighted by atomic mass is 10.0. The van der Waals surface area contributed by atoms with Crippen molar-refractivity contribution in [2.24, 2.45) is 0 Å². The van der Waals surface area contributed by atoms with Crippen LogP contribution in [0.15, 0.2) is 41.8 Å². The maximum absolute atomic E-state index is 13.1. The summed E-state index contributed by atoms with van der Waals surface area (Å²) in [7, 11) is 0. The average Bonchev–Trinajstić information content (AvgIpc) is 2.97. The predicted octanol–water partition coefficient (Wildman–Crippen LogP) is 1.98. The highest BCUT2D eigenvalue weighted by molar-refractivity contribution is 7.15. The second kappa shape index (κ2) is 8.20. The van der Waals surface area contributed by atoms with E-state index in [0.29, 0.717) is 17.2 Å². The van der Waals surface area contributed by atoms with Crippen LogP contribution in [0.2, 0.25) is 0 Å². The van der Waals surface area contributed by atoms with Gasteiger partial charge in [0, 0.05) is 17.0 Å². The summed E-state index contributed by atoms with van der Waals surface area (Å²) in [6.07, 6.45) is 1.36. The average molecular weight is 362 g/mol. The third-order valence-corrected chi connectivity index (χ3v) is 3.93. The van der Waals surface area contributed by atoms with Crippen LogP contribution in [0, 0.1) is 5.82 Å². The summed E-state index contributed by atoms with van der Waals surface area (Å²) >= 11 is 1.07. The number of thiophene rings is 1. The van der Waals surface area contributed by atoms with Gasteiger partial charge in [-0.3, -0.25) is 4.79 Å². The van der Waals surface area contributed by atoms with Crippen molar-refractivity contribution in [2.75, 3.05) is 11.9 Å². The SMILES string of the molecule is CCOC(=O)c1c(-c2ccc(F)cc2)csc1NC(=O)/C=C/C(=O)[O-]. The van der Waals surface area contributed by atoms with Crippen molar-refractivity contribution >= 4 is 34.2 Å². The molecule has 130 valence electrons. The number of anilines is 1. The van der Waals surface area contributed by atoms with Crippen LogP contribution in [0.4, 0.5) is 9.39 Å². The maximum Gasteiger partial charge on any atom is 0.341 e. The lowest BCUT2D eigenvalue weighted by Gasteiger charge is -2.08. The molecule has 0 aliphatic heterocycles. The van der Waals surface area contributed by atoms with Crippen LogP contribution in [-0.2, 0) is 14.3 Å². The lowest BCUT2D eigenvalue weighted by Crippen LogP contribution is -2.20. The van der Waals surface area contributed by atoms with Crippen molar-refractivity contribution in [2.45, 2.75) is 6.92 Å². The van der Waals surface area contributed by atoms with E-state index in [1.165, 1.54) is 24.3 Å². The van der Waals surface area contributed by atoms with E-state index in [1.54, 1.807) is 12.3 Å². The molecule has 25 heavy (non-hydrogen) atoms. The molecule has 6 nitrogen and oxygen atoms in total. The third kappa shape index (κ3) is 4.74. The van der Waals surface area contributed by atoms with Crippen LogP contribution in [0.1, 0.15) is 17.3 Å². The Kier molecular flexibility index (Phi) is 6.02. The van der Waals surface area contributed by atoms with Gasteiger partial charge in [0.25, 0.3) is 0 Å². The number of carboxylic acids is 1. The molecule has 1 N–H and O–H groups in total. The zero-order valence-electron chi connectivity index (χ0n) is 13.1. The molecule has 8 heteroatoms. The summed E-state index contributed by atoms with van der Waals surface area (Å²) < 4.78 is 18.1. The van der Waals surface area contributed by atoms with Crippen LogP contribution in [0.3, 0.4) is 0 Å². The molecule has 0 saturated carbocycles. The van der Waals surface area contributed by atoms with Gasteiger partial charge in [-0.25, -0.2) is 9.18 Å². The third-order valence-electron chi connectivity index (χ3n) is 3.03. The molecule has 0 fully saturated rings. The van der Waals surface area contributed by atoms with E-state index in [9.17, 15) is 23.9 Å². The minimum absolute atomic E-state index is 0.119. The van der Waals surface area contributed by atoms with E-state index in [0.717, 1.165) is 17.4 Å². The molecule has 0 aliphatic carbocycles. The zero-order valence-corrected chi connectivity index (χ0v) is 13.9. The van der Waals surface area contributed by atoms with Gasteiger partial charge in [0.1, 0.15) is 16.4 Å². The fraction of sp³-hybridized carbons (Fsp3) is 0.118. The Labute approximate surface area is 146 Å². The summed E-state index contributed by atoms with van der Waals surface area (Å²) in [5.74, 6) is -3.32. The Bertz CT molecular complexity index is 826.